The van der Waals surface area contributed by atoms with E-state index in [1.165, 1.54) is 17.3 Å². The quantitative estimate of drug-likeness (QED) is 0.409. The smallest absolute Gasteiger partial charge is 0.219 e. The van der Waals surface area contributed by atoms with Gasteiger partial charge in [-0.3, -0.25) is 4.79 Å². The fraction of sp³-hybridized carbons (Fsp3) is 0.567. The first-order chi connectivity index (χ1) is 18.7. The first-order valence-electron chi connectivity index (χ1n) is 14.3. The van der Waals surface area contributed by atoms with Crippen molar-refractivity contribution >= 4 is 32.3 Å². The lowest BCUT2D eigenvalue weighted by Gasteiger charge is -2.36. The van der Waals surface area contributed by atoms with Gasteiger partial charge in [0.2, 0.25) is 5.91 Å². The molecule has 2 aliphatic rings. The Morgan fingerprint density at radius 2 is 1.79 bits per heavy atom. The molecular weight excluding hydrogens is 510 g/mol. The molecule has 0 bridgehead atoms. The molecule has 3 aromatic rings. The van der Waals surface area contributed by atoms with Crippen molar-refractivity contribution in [3.63, 3.8) is 0 Å². The first-order valence-corrected chi connectivity index (χ1v) is 16.4. The van der Waals surface area contributed by atoms with E-state index in [9.17, 15) is 13.2 Å². The molecule has 9 heteroatoms. The summed E-state index contributed by atoms with van der Waals surface area (Å²) < 4.78 is 25.6. The summed E-state index contributed by atoms with van der Waals surface area (Å²) in [6.45, 7) is 7.04. The summed E-state index contributed by atoms with van der Waals surface area (Å²) in [5, 5.41) is 1.19. The molecule has 8 nitrogen and oxygen atoms in total. The molecule has 1 aliphatic carbocycles. The van der Waals surface area contributed by atoms with Gasteiger partial charge in [0.1, 0.15) is 21.5 Å². The van der Waals surface area contributed by atoms with Crippen LogP contribution in [-0.2, 0) is 21.1 Å². The number of hydrogen-bond acceptors (Lipinski definition) is 6. The largest absolute Gasteiger partial charge is 0.367 e. The molecule has 3 heterocycles. The molecule has 1 saturated heterocycles. The summed E-state index contributed by atoms with van der Waals surface area (Å²) >= 11 is 0. The van der Waals surface area contributed by atoms with Crippen molar-refractivity contribution < 1.29 is 13.2 Å². The zero-order chi connectivity index (χ0) is 27.6. The molecule has 2 fully saturated rings. The van der Waals surface area contributed by atoms with Gasteiger partial charge in [-0.25, -0.2) is 18.4 Å². The van der Waals surface area contributed by atoms with Crippen LogP contribution in [0.5, 0.6) is 0 Å². The highest BCUT2D eigenvalue weighted by Crippen LogP contribution is 2.37. The van der Waals surface area contributed by atoms with Crippen LogP contribution in [-0.4, -0.2) is 71.9 Å². The van der Waals surface area contributed by atoms with Gasteiger partial charge in [0.25, 0.3) is 0 Å². The lowest BCUT2D eigenvalue weighted by Crippen LogP contribution is -2.48. The van der Waals surface area contributed by atoms with Crippen molar-refractivity contribution in [3.05, 3.63) is 48.5 Å². The normalized spacial score (nSPS) is 21.3. The molecule has 0 N–H and O–H groups in total. The number of carbonyl (C=O) groups excluding carboxylic acids is 1. The van der Waals surface area contributed by atoms with Gasteiger partial charge >= 0.3 is 0 Å². The number of piperazine rings is 1. The number of hydrogen-bond donors (Lipinski definition) is 0. The third-order valence-corrected chi connectivity index (χ3v) is 9.86. The number of amides is 1. The monoisotopic (exact) mass is 551 g/mol. The predicted octanol–water partition coefficient (Wildman–Crippen LogP) is 4.51. The molecule has 2 aromatic heterocycles. The van der Waals surface area contributed by atoms with Gasteiger partial charge in [0.05, 0.1) is 11.3 Å². The lowest BCUT2D eigenvalue weighted by atomic mass is 9.74. The Bertz CT molecular complexity index is 1400. The van der Waals surface area contributed by atoms with Crippen molar-refractivity contribution in [1.82, 2.24) is 19.4 Å². The van der Waals surface area contributed by atoms with Crippen LogP contribution in [0.15, 0.2) is 42.7 Å². The molecule has 0 radical (unpaired) electrons. The summed E-state index contributed by atoms with van der Waals surface area (Å²) in [4.78, 5) is 25.7. The maximum Gasteiger partial charge on any atom is 0.219 e. The van der Waals surface area contributed by atoms with Gasteiger partial charge in [-0.15, -0.1) is 0 Å². The third-order valence-electron chi connectivity index (χ3n) is 8.78. The van der Waals surface area contributed by atoms with Crippen LogP contribution in [0.25, 0.3) is 16.7 Å². The van der Waals surface area contributed by atoms with E-state index >= 15 is 0 Å². The molecule has 5 rings (SSSR count). The topological polar surface area (TPSA) is 88.4 Å². The second-order valence-corrected chi connectivity index (χ2v) is 13.7. The summed E-state index contributed by atoms with van der Waals surface area (Å²) in [6, 6.07) is 10.5. The molecule has 1 aliphatic heterocycles. The molecule has 1 aromatic carbocycles. The Hall–Kier alpha value is -2.94. The highest BCUT2D eigenvalue weighted by atomic mass is 32.2. The molecule has 1 atom stereocenters. The Labute approximate surface area is 232 Å². The zero-order valence-electron chi connectivity index (χ0n) is 23.4. The maximum atomic E-state index is 11.7. The van der Waals surface area contributed by atoms with Gasteiger partial charge in [0, 0.05) is 69.2 Å². The standard InChI is InChI=1S/C30H41N5O3S/c1-4-24(25-10-8-23(9-11-25)21-39(3,37)38)20-29-31-14-12-30(32-29)35-15-13-26-27(6-5-7-28(26)35)34-18-16-33(17-19-34)22(2)36/h5-7,12-15,23-25H,4,8-11,16-21H2,1-3H3. The first kappa shape index (κ1) is 27.6. The summed E-state index contributed by atoms with van der Waals surface area (Å²) in [5.41, 5.74) is 2.31. The number of rotatable bonds is 8. The van der Waals surface area contributed by atoms with Crippen LogP contribution >= 0.6 is 0 Å². The second kappa shape index (κ2) is 11.7. The Morgan fingerprint density at radius 3 is 2.46 bits per heavy atom. The van der Waals surface area contributed by atoms with Crippen molar-refractivity contribution in [2.24, 2.45) is 17.8 Å². The minimum atomic E-state index is -2.91. The van der Waals surface area contributed by atoms with E-state index in [-0.39, 0.29) is 5.91 Å². The van der Waals surface area contributed by atoms with Gasteiger partial charge in [-0.05, 0) is 67.7 Å². The van der Waals surface area contributed by atoms with E-state index in [1.54, 1.807) is 6.92 Å². The lowest BCUT2D eigenvalue weighted by molar-refractivity contribution is -0.129. The van der Waals surface area contributed by atoms with E-state index in [2.05, 4.69) is 51.8 Å². The van der Waals surface area contributed by atoms with Crippen LogP contribution in [0.4, 0.5) is 5.69 Å². The maximum absolute atomic E-state index is 11.7. The minimum Gasteiger partial charge on any atom is -0.367 e. The van der Waals surface area contributed by atoms with E-state index < -0.39 is 9.84 Å². The van der Waals surface area contributed by atoms with E-state index in [0.29, 0.717) is 23.5 Å². The van der Waals surface area contributed by atoms with Crippen LogP contribution in [0.1, 0.15) is 51.8 Å². The number of anilines is 1. The number of benzene rings is 1. The molecule has 1 saturated carbocycles. The number of fused-ring (bicyclic) bond motifs is 1. The summed E-state index contributed by atoms with van der Waals surface area (Å²) in [7, 11) is -2.91. The van der Waals surface area contributed by atoms with Gasteiger partial charge < -0.3 is 14.4 Å². The van der Waals surface area contributed by atoms with E-state index in [1.807, 2.05) is 17.2 Å². The highest BCUT2D eigenvalue weighted by Gasteiger charge is 2.29. The van der Waals surface area contributed by atoms with Gasteiger partial charge in [-0.2, -0.15) is 0 Å². The third kappa shape index (κ3) is 6.45. The molecule has 0 spiro atoms. The van der Waals surface area contributed by atoms with Gasteiger partial charge in [-0.1, -0.05) is 19.4 Å². The molecule has 1 unspecified atom stereocenters. The Morgan fingerprint density at radius 1 is 1.05 bits per heavy atom. The molecule has 210 valence electrons. The SMILES string of the molecule is CCC(Cc1nccc(-n2ccc3c(N4CCN(C(C)=O)CC4)cccc32)n1)C1CCC(CS(C)(=O)=O)CC1. The zero-order valence-corrected chi connectivity index (χ0v) is 24.2. The number of sulfone groups is 1. The number of aromatic nitrogens is 3. The van der Waals surface area contributed by atoms with Crippen LogP contribution < -0.4 is 4.90 Å². The van der Waals surface area contributed by atoms with E-state index in [4.69, 9.17) is 4.98 Å². The van der Waals surface area contributed by atoms with Crippen LogP contribution in [0, 0.1) is 17.8 Å². The summed E-state index contributed by atoms with van der Waals surface area (Å²) in [5.74, 6) is 3.61. The summed E-state index contributed by atoms with van der Waals surface area (Å²) in [6.07, 6.45) is 11.4. The van der Waals surface area contributed by atoms with Gasteiger partial charge in [0.15, 0.2) is 0 Å². The van der Waals surface area contributed by atoms with E-state index in [0.717, 1.165) is 81.9 Å². The van der Waals surface area contributed by atoms with Crippen molar-refractivity contribution in [3.8, 4) is 5.82 Å². The molecular formula is C30H41N5O3S. The van der Waals surface area contributed by atoms with Crippen molar-refractivity contribution in [2.75, 3.05) is 43.1 Å². The van der Waals surface area contributed by atoms with Crippen molar-refractivity contribution in [1.29, 1.82) is 0 Å². The molecule has 39 heavy (non-hydrogen) atoms. The van der Waals surface area contributed by atoms with Crippen LogP contribution in [0.2, 0.25) is 0 Å². The minimum absolute atomic E-state index is 0.142. The Balaban J connectivity index is 1.30. The second-order valence-electron chi connectivity index (χ2n) is 11.5. The van der Waals surface area contributed by atoms with Crippen molar-refractivity contribution in [2.45, 2.75) is 52.4 Å². The Kier molecular flexibility index (Phi) is 8.26. The fourth-order valence-corrected chi connectivity index (χ4v) is 7.83. The number of nitrogens with zero attached hydrogens (tertiary/aromatic N) is 5. The predicted molar refractivity (Wildman–Crippen MR) is 156 cm³/mol. The number of carbonyl (C=O) groups is 1. The molecule has 1 amide bonds. The fourth-order valence-electron chi connectivity index (χ4n) is 6.64. The average Bonchev–Trinajstić information content (AvgIpc) is 3.36. The average molecular weight is 552 g/mol. The van der Waals surface area contributed by atoms with Crippen LogP contribution in [0.3, 0.4) is 0 Å². The highest BCUT2D eigenvalue weighted by molar-refractivity contribution is 7.90.